The van der Waals surface area contributed by atoms with Crippen LogP contribution in [0.15, 0.2) is 66.2 Å². The Morgan fingerprint density at radius 3 is 2.50 bits per heavy atom. The van der Waals surface area contributed by atoms with Crippen molar-refractivity contribution in [2.24, 2.45) is 0 Å². The molecule has 0 aliphatic carbocycles. The molecule has 3 rings (SSSR count). The number of anilines is 1. The van der Waals surface area contributed by atoms with Crippen LogP contribution in [-0.4, -0.2) is 13.0 Å². The third-order valence-corrected chi connectivity index (χ3v) is 5.30. The number of methoxy groups -OCH3 is 1. The van der Waals surface area contributed by atoms with Gasteiger partial charge in [0.05, 0.1) is 17.8 Å². The van der Waals surface area contributed by atoms with Gasteiger partial charge in [-0.25, -0.2) is 0 Å². The number of para-hydroxylation sites is 1. The zero-order valence-corrected chi connectivity index (χ0v) is 19.1. The quantitative estimate of drug-likeness (QED) is 0.294. The lowest BCUT2D eigenvalue weighted by molar-refractivity contribution is -0.112. The molecule has 8 heteroatoms. The minimum Gasteiger partial charge on any atom is -0.493 e. The highest BCUT2D eigenvalue weighted by molar-refractivity contribution is 6.35. The molecule has 1 amide bonds. The van der Waals surface area contributed by atoms with E-state index in [1.165, 1.54) is 13.2 Å². The minimum atomic E-state index is -0.572. The van der Waals surface area contributed by atoms with E-state index in [0.717, 1.165) is 5.56 Å². The van der Waals surface area contributed by atoms with Gasteiger partial charge in [-0.15, -0.1) is 0 Å². The lowest BCUT2D eigenvalue weighted by Gasteiger charge is -2.12. The number of benzene rings is 3. The van der Waals surface area contributed by atoms with Crippen molar-refractivity contribution in [2.75, 3.05) is 12.4 Å². The summed E-state index contributed by atoms with van der Waals surface area (Å²) in [5.41, 5.74) is 1.69. The molecule has 3 aromatic rings. The normalized spacial score (nSPS) is 10.9. The molecule has 0 saturated heterocycles. The lowest BCUT2D eigenvalue weighted by atomic mass is 10.1. The fraction of sp³-hybridized carbons (Fsp3) is 0.0833. The summed E-state index contributed by atoms with van der Waals surface area (Å²) in [5.74, 6) is 0.347. The summed E-state index contributed by atoms with van der Waals surface area (Å²) in [5, 5.41) is 13.5. The minimum absolute atomic E-state index is 0.0893. The van der Waals surface area contributed by atoms with Crippen LogP contribution in [0.1, 0.15) is 11.1 Å². The Hall–Kier alpha value is -3.17. The summed E-state index contributed by atoms with van der Waals surface area (Å²) in [6.07, 6.45) is 1.45. The summed E-state index contributed by atoms with van der Waals surface area (Å²) in [6.45, 7) is 0.214. The SMILES string of the molecule is COc1cc(/C=C(/C#N)C(=O)Nc2ccccc2Cl)ccc1OCc1ccc(Cl)cc1Cl. The molecule has 3 aromatic carbocycles. The molecule has 1 N–H and O–H groups in total. The molecule has 0 unspecified atom stereocenters. The molecule has 0 radical (unpaired) electrons. The molecule has 162 valence electrons. The molecular formula is C24H17Cl3N2O3. The third kappa shape index (κ3) is 5.95. The average Bonchev–Trinajstić information content (AvgIpc) is 2.78. The first-order valence-corrected chi connectivity index (χ1v) is 10.5. The Bertz CT molecular complexity index is 1220. The van der Waals surface area contributed by atoms with Gasteiger partial charge in [0.1, 0.15) is 18.2 Å². The Kier molecular flexibility index (Phi) is 8.02. The molecule has 0 aliphatic rings. The van der Waals surface area contributed by atoms with Gasteiger partial charge in [0.15, 0.2) is 11.5 Å². The van der Waals surface area contributed by atoms with E-state index in [1.807, 2.05) is 6.07 Å². The van der Waals surface area contributed by atoms with Crippen molar-refractivity contribution in [2.45, 2.75) is 6.61 Å². The summed E-state index contributed by atoms with van der Waals surface area (Å²) in [7, 11) is 1.50. The molecule has 0 saturated carbocycles. The highest BCUT2D eigenvalue weighted by Gasteiger charge is 2.13. The summed E-state index contributed by atoms with van der Waals surface area (Å²) in [6, 6.07) is 18.9. The number of nitrogens with one attached hydrogen (secondary N) is 1. The van der Waals surface area contributed by atoms with Crippen LogP contribution in [0.25, 0.3) is 6.08 Å². The lowest BCUT2D eigenvalue weighted by Crippen LogP contribution is -2.13. The van der Waals surface area contributed by atoms with Crippen molar-refractivity contribution >= 4 is 52.5 Å². The van der Waals surface area contributed by atoms with Crippen molar-refractivity contribution in [3.63, 3.8) is 0 Å². The standard InChI is InChI=1S/C24H17Cl3N2O3/c1-31-23-11-15(6-9-22(23)32-14-16-7-8-18(25)12-20(16)27)10-17(13-28)24(30)29-21-5-3-2-4-19(21)26/h2-12H,14H2,1H3,(H,29,30)/b17-10-. The van der Waals surface area contributed by atoms with E-state index in [1.54, 1.807) is 60.7 Å². The average molecular weight is 488 g/mol. The number of halogens is 3. The molecule has 0 fully saturated rings. The number of nitriles is 1. The highest BCUT2D eigenvalue weighted by Crippen LogP contribution is 2.31. The first-order valence-electron chi connectivity index (χ1n) is 9.33. The number of hydrogen-bond acceptors (Lipinski definition) is 4. The van der Waals surface area contributed by atoms with Crippen LogP contribution in [0.4, 0.5) is 5.69 Å². The maximum absolute atomic E-state index is 12.5. The van der Waals surface area contributed by atoms with Gasteiger partial charge in [0.2, 0.25) is 0 Å². The zero-order chi connectivity index (χ0) is 23.1. The van der Waals surface area contributed by atoms with Gasteiger partial charge in [-0.2, -0.15) is 5.26 Å². The van der Waals surface area contributed by atoms with E-state index in [2.05, 4.69) is 5.32 Å². The molecular weight excluding hydrogens is 471 g/mol. The number of hydrogen-bond donors (Lipinski definition) is 1. The largest absolute Gasteiger partial charge is 0.493 e. The maximum Gasteiger partial charge on any atom is 0.266 e. The predicted octanol–water partition coefficient (Wildman–Crippen LogP) is 6.78. The predicted molar refractivity (Wildman–Crippen MR) is 127 cm³/mol. The van der Waals surface area contributed by atoms with Crippen molar-refractivity contribution < 1.29 is 14.3 Å². The van der Waals surface area contributed by atoms with Crippen LogP contribution in [0, 0.1) is 11.3 Å². The van der Waals surface area contributed by atoms with Crippen LogP contribution in [0.5, 0.6) is 11.5 Å². The van der Waals surface area contributed by atoms with E-state index in [-0.39, 0.29) is 12.2 Å². The van der Waals surface area contributed by atoms with Gasteiger partial charge >= 0.3 is 0 Å². The first-order chi connectivity index (χ1) is 15.4. The van der Waals surface area contributed by atoms with Crippen molar-refractivity contribution in [1.82, 2.24) is 0 Å². The van der Waals surface area contributed by atoms with Gasteiger partial charge in [-0.05, 0) is 48.0 Å². The summed E-state index contributed by atoms with van der Waals surface area (Å²) >= 11 is 18.2. The van der Waals surface area contributed by atoms with Crippen LogP contribution < -0.4 is 14.8 Å². The molecule has 5 nitrogen and oxygen atoms in total. The van der Waals surface area contributed by atoms with E-state index in [0.29, 0.717) is 37.8 Å². The fourth-order valence-corrected chi connectivity index (χ4v) is 3.40. The molecule has 0 spiro atoms. The Labute approximate surface area is 200 Å². The number of carbonyl (C=O) groups is 1. The Morgan fingerprint density at radius 1 is 1.03 bits per heavy atom. The number of nitrogens with zero attached hydrogens (tertiary/aromatic N) is 1. The van der Waals surface area contributed by atoms with Crippen LogP contribution in [0.2, 0.25) is 15.1 Å². The van der Waals surface area contributed by atoms with Crippen LogP contribution >= 0.6 is 34.8 Å². The Morgan fingerprint density at radius 2 is 1.81 bits per heavy atom. The second-order valence-corrected chi connectivity index (χ2v) is 7.79. The van der Waals surface area contributed by atoms with Crippen molar-refractivity contribution in [3.8, 4) is 17.6 Å². The summed E-state index contributed by atoms with van der Waals surface area (Å²) in [4.78, 5) is 12.5. The van der Waals surface area contributed by atoms with Crippen LogP contribution in [-0.2, 0) is 11.4 Å². The molecule has 32 heavy (non-hydrogen) atoms. The number of rotatable bonds is 7. The van der Waals surface area contributed by atoms with Crippen molar-refractivity contribution in [1.29, 1.82) is 5.26 Å². The third-order valence-electron chi connectivity index (χ3n) is 4.38. The number of amides is 1. The second kappa shape index (κ2) is 10.9. The van der Waals surface area contributed by atoms with Gasteiger partial charge in [-0.1, -0.05) is 59.1 Å². The summed E-state index contributed by atoms with van der Waals surface area (Å²) < 4.78 is 11.2. The van der Waals surface area contributed by atoms with Gasteiger partial charge in [-0.3, -0.25) is 4.79 Å². The van der Waals surface area contributed by atoms with E-state index >= 15 is 0 Å². The van der Waals surface area contributed by atoms with Gasteiger partial charge in [0, 0.05) is 15.6 Å². The molecule has 0 aliphatic heterocycles. The molecule has 0 aromatic heterocycles. The topological polar surface area (TPSA) is 71.3 Å². The fourth-order valence-electron chi connectivity index (χ4n) is 2.75. The highest BCUT2D eigenvalue weighted by atomic mass is 35.5. The monoisotopic (exact) mass is 486 g/mol. The maximum atomic E-state index is 12.5. The van der Waals surface area contributed by atoms with Gasteiger partial charge in [0.25, 0.3) is 5.91 Å². The smallest absolute Gasteiger partial charge is 0.266 e. The van der Waals surface area contributed by atoms with E-state index in [9.17, 15) is 10.1 Å². The molecule has 0 bridgehead atoms. The van der Waals surface area contributed by atoms with Crippen molar-refractivity contribution in [3.05, 3.63) is 92.4 Å². The molecule has 0 atom stereocenters. The number of carbonyl (C=O) groups excluding carboxylic acids is 1. The number of ether oxygens (including phenoxy) is 2. The molecule has 0 heterocycles. The van der Waals surface area contributed by atoms with Gasteiger partial charge < -0.3 is 14.8 Å². The zero-order valence-electron chi connectivity index (χ0n) is 16.9. The first kappa shape index (κ1) is 23.5. The van der Waals surface area contributed by atoms with E-state index < -0.39 is 5.91 Å². The van der Waals surface area contributed by atoms with Crippen LogP contribution in [0.3, 0.4) is 0 Å². The second-order valence-electron chi connectivity index (χ2n) is 6.54. The Balaban J connectivity index is 1.77. The van der Waals surface area contributed by atoms with E-state index in [4.69, 9.17) is 44.3 Å².